The van der Waals surface area contributed by atoms with Crippen molar-refractivity contribution in [3.05, 3.63) is 0 Å². The van der Waals surface area contributed by atoms with E-state index in [1.807, 2.05) is 11.9 Å². The molecule has 0 bridgehead atoms. The van der Waals surface area contributed by atoms with Crippen molar-refractivity contribution in [2.24, 2.45) is 5.73 Å². The smallest absolute Gasteiger partial charge is 0.104 e. The number of methoxy groups -OCH3 is 5. The van der Waals surface area contributed by atoms with E-state index in [9.17, 15) is 0 Å². The van der Waals surface area contributed by atoms with Gasteiger partial charge in [0.15, 0.2) is 0 Å². The third kappa shape index (κ3) is 31.7. The molecule has 2 aliphatic rings. The summed E-state index contributed by atoms with van der Waals surface area (Å²) in [5.74, 6) is 0. The van der Waals surface area contributed by atoms with Crippen LogP contribution in [-0.2, 0) is 33.2 Å². The van der Waals surface area contributed by atoms with Crippen LogP contribution >= 0.6 is 0 Å². The zero-order valence-corrected chi connectivity index (χ0v) is 23.7. The van der Waals surface area contributed by atoms with Gasteiger partial charge in [0.25, 0.3) is 0 Å². The van der Waals surface area contributed by atoms with Crippen LogP contribution in [0, 0.1) is 0 Å². The van der Waals surface area contributed by atoms with E-state index < -0.39 is 0 Å². The molecule has 0 amide bonds. The monoisotopic (exact) mass is 565 g/mol. The molecule has 0 radical (unpaired) electrons. The van der Waals surface area contributed by atoms with Gasteiger partial charge in [-0.25, -0.2) is 0 Å². The number of ether oxygens (including phenoxy) is 7. The minimum atomic E-state index is -0.104. The van der Waals surface area contributed by atoms with Crippen LogP contribution in [0.15, 0.2) is 0 Å². The number of nitrogens with zero attached hydrogens (tertiary/aromatic N) is 1. The van der Waals surface area contributed by atoms with Crippen molar-refractivity contribution in [2.45, 2.75) is 45.2 Å². The maximum absolute atomic E-state index is 9.10. The van der Waals surface area contributed by atoms with E-state index in [0.717, 1.165) is 26.4 Å². The van der Waals surface area contributed by atoms with Crippen molar-refractivity contribution in [2.75, 3.05) is 123 Å². The number of aliphatic hydroxyl groups excluding tert-OH is 3. The molecule has 2 heterocycles. The number of hydrogen-bond donors (Lipinski definition) is 5. The highest BCUT2D eigenvalue weighted by Crippen LogP contribution is 2.07. The number of rotatable bonds is 16. The summed E-state index contributed by atoms with van der Waals surface area (Å²) in [4.78, 5) is 1.87. The summed E-state index contributed by atoms with van der Waals surface area (Å²) in [6, 6.07) is -0.125. The molecule has 38 heavy (non-hydrogen) atoms. The number of likely N-dealkylation sites (N-methyl/N-ethyl adjacent to an activating group) is 2. The second-order valence-corrected chi connectivity index (χ2v) is 7.69. The first kappa shape index (κ1) is 47.3. The Kier molecular flexibility index (Phi) is 45.4. The van der Waals surface area contributed by atoms with Crippen molar-refractivity contribution >= 4 is 0 Å². The van der Waals surface area contributed by atoms with Gasteiger partial charge in [-0.1, -0.05) is 14.9 Å². The van der Waals surface area contributed by atoms with Gasteiger partial charge in [0, 0.05) is 35.5 Å². The van der Waals surface area contributed by atoms with E-state index in [2.05, 4.69) is 11.1 Å². The summed E-state index contributed by atoms with van der Waals surface area (Å²) in [7, 11) is 13.3. The molecule has 0 aromatic carbocycles. The molecule has 0 aromatic rings. The van der Waals surface area contributed by atoms with Crippen LogP contribution in [0.25, 0.3) is 0 Å². The zero-order chi connectivity index (χ0) is 28.2. The molecule has 13 nitrogen and oxygen atoms in total. The minimum Gasteiger partial charge on any atom is -0.395 e. The van der Waals surface area contributed by atoms with Gasteiger partial charge in [-0.2, -0.15) is 0 Å². The summed E-state index contributed by atoms with van der Waals surface area (Å²) >= 11 is 0. The van der Waals surface area contributed by atoms with Crippen molar-refractivity contribution in [1.82, 2.24) is 10.2 Å². The predicted octanol–water partition coefficient (Wildman–Crippen LogP) is -0.944. The second kappa shape index (κ2) is 36.5. The molecule has 5 unspecified atom stereocenters. The predicted molar refractivity (Wildman–Crippen MR) is 152 cm³/mol. The standard InChI is InChI=1S/C9H21NO4.C5H13NO2.2C4H8O2.CH5N.2CH4/c1-10(8(4-11)6-13-2)9(5-12)7-14-3;1-6-5(3-7)4-8-2;2*1-5-2-4-3-6-4;1-2;;/h8-9,11-12H,4-7H2,1-3H3;5-7H,3-4H2,1-2H3;2*4H,2-3H2,1H3;2H2,1H3;2*1H4. The highest BCUT2D eigenvalue weighted by molar-refractivity contribution is 4.75. The van der Waals surface area contributed by atoms with Crippen molar-refractivity contribution < 1.29 is 48.5 Å². The molecule has 0 aliphatic carbocycles. The van der Waals surface area contributed by atoms with Crippen molar-refractivity contribution in [3.63, 3.8) is 0 Å². The molecule has 2 saturated heterocycles. The molecule has 5 atom stereocenters. The van der Waals surface area contributed by atoms with Crippen LogP contribution in [0.2, 0.25) is 0 Å². The summed E-state index contributed by atoms with van der Waals surface area (Å²) in [6.45, 7) is 4.90. The fourth-order valence-electron chi connectivity index (χ4n) is 2.41. The topological polar surface area (TPSA) is 173 Å². The Labute approximate surface area is 232 Å². The van der Waals surface area contributed by atoms with E-state index >= 15 is 0 Å². The highest BCUT2D eigenvalue weighted by atomic mass is 16.6. The molecule has 2 rings (SSSR count). The lowest BCUT2D eigenvalue weighted by Crippen LogP contribution is -2.48. The van der Waals surface area contributed by atoms with Crippen molar-refractivity contribution in [1.29, 1.82) is 0 Å². The van der Waals surface area contributed by atoms with E-state index in [4.69, 9.17) is 48.5 Å². The molecule has 238 valence electrons. The molecule has 2 fully saturated rings. The Morgan fingerprint density at radius 2 is 1.08 bits per heavy atom. The van der Waals surface area contributed by atoms with Crippen LogP contribution in [0.3, 0.4) is 0 Å². The highest BCUT2D eigenvalue weighted by Gasteiger charge is 2.22. The third-order valence-corrected chi connectivity index (χ3v) is 4.80. The summed E-state index contributed by atoms with van der Waals surface area (Å²) in [5, 5.41) is 29.6. The maximum Gasteiger partial charge on any atom is 0.104 e. The first-order valence-electron chi connectivity index (χ1n) is 11.9. The van der Waals surface area contributed by atoms with E-state index in [1.54, 1.807) is 42.6 Å². The Morgan fingerprint density at radius 3 is 1.21 bits per heavy atom. The van der Waals surface area contributed by atoms with Crippen LogP contribution < -0.4 is 11.1 Å². The van der Waals surface area contributed by atoms with Gasteiger partial charge in [0.05, 0.1) is 84.2 Å². The fraction of sp³-hybridized carbons (Fsp3) is 1.00. The Hall–Kier alpha value is -0.520. The number of nitrogens with two attached hydrogens (primary N) is 1. The second-order valence-electron chi connectivity index (χ2n) is 7.69. The summed E-state index contributed by atoms with van der Waals surface area (Å²) < 4.78 is 33.8. The lowest BCUT2D eigenvalue weighted by Gasteiger charge is -2.32. The lowest BCUT2D eigenvalue weighted by atomic mass is 10.2. The normalized spacial score (nSPS) is 18.6. The minimum absolute atomic E-state index is 0. The van der Waals surface area contributed by atoms with Gasteiger partial charge in [-0.05, 0) is 21.1 Å². The molecule has 0 spiro atoms. The first-order chi connectivity index (χ1) is 17.4. The van der Waals surface area contributed by atoms with E-state index in [1.165, 1.54) is 7.05 Å². The number of aliphatic hydroxyl groups is 3. The van der Waals surface area contributed by atoms with Gasteiger partial charge in [-0.3, -0.25) is 4.90 Å². The molecule has 13 heteroatoms. The number of epoxide rings is 2. The average molecular weight is 566 g/mol. The fourth-order valence-corrected chi connectivity index (χ4v) is 2.41. The first-order valence-corrected chi connectivity index (χ1v) is 11.9. The Morgan fingerprint density at radius 1 is 0.737 bits per heavy atom. The number of hydrogen-bond acceptors (Lipinski definition) is 13. The molecular formula is C25H63N3O10. The van der Waals surface area contributed by atoms with Gasteiger partial charge < -0.3 is 59.5 Å². The molecule has 0 saturated carbocycles. The van der Waals surface area contributed by atoms with Crippen LogP contribution in [-0.4, -0.2) is 173 Å². The molecule has 6 N–H and O–H groups in total. The number of nitrogens with one attached hydrogen (secondary N) is 1. The molecular weight excluding hydrogens is 502 g/mol. The average Bonchev–Trinajstić information content (AvgIpc) is 3.84. The maximum atomic E-state index is 9.10. The van der Waals surface area contributed by atoms with Crippen LogP contribution in [0.4, 0.5) is 0 Å². The van der Waals surface area contributed by atoms with E-state index in [0.29, 0.717) is 32.0 Å². The quantitative estimate of drug-likeness (QED) is 0.145. The summed E-state index contributed by atoms with van der Waals surface area (Å²) in [6.07, 6.45) is 0.852. The lowest BCUT2D eigenvalue weighted by molar-refractivity contribution is 0.0000312. The third-order valence-electron chi connectivity index (χ3n) is 4.80. The van der Waals surface area contributed by atoms with Gasteiger partial charge in [0.1, 0.15) is 12.2 Å². The van der Waals surface area contributed by atoms with Gasteiger partial charge >= 0.3 is 0 Å². The zero-order valence-electron chi connectivity index (χ0n) is 23.7. The van der Waals surface area contributed by atoms with E-state index in [-0.39, 0.29) is 52.8 Å². The largest absolute Gasteiger partial charge is 0.395 e. The van der Waals surface area contributed by atoms with Crippen LogP contribution in [0.5, 0.6) is 0 Å². The van der Waals surface area contributed by atoms with Crippen LogP contribution in [0.1, 0.15) is 14.9 Å². The summed E-state index contributed by atoms with van der Waals surface area (Å²) in [5.41, 5.74) is 4.50. The molecule has 2 aliphatic heterocycles. The molecule has 0 aromatic heterocycles. The SMILES string of the molecule is C.C.CN.CNC(CO)COC.COCC(CO)N(C)C(CO)COC.COCC1CO1.COCC1CO1. The van der Waals surface area contributed by atoms with Gasteiger partial charge in [0.2, 0.25) is 0 Å². The van der Waals surface area contributed by atoms with Gasteiger partial charge in [-0.15, -0.1) is 0 Å². The van der Waals surface area contributed by atoms with Crippen molar-refractivity contribution in [3.8, 4) is 0 Å². The Bertz CT molecular complexity index is 378. The Balaban J connectivity index is -0.000000130.